The predicted octanol–water partition coefficient (Wildman–Crippen LogP) is 3.32. The minimum atomic E-state index is -0.522. The number of nitrogens with zero attached hydrogens (tertiary/aromatic N) is 2. The SMILES string of the molecule is CCn1c(N)c(C(=O)NC)c(=O)c2ccc(-c3ccc(CC(=O)NCCCc4ccccc4)cc3)nc21. The van der Waals surface area contributed by atoms with E-state index in [1.165, 1.54) is 12.6 Å². The lowest BCUT2D eigenvalue weighted by Gasteiger charge is -2.15. The van der Waals surface area contributed by atoms with E-state index < -0.39 is 11.3 Å². The number of rotatable bonds is 9. The van der Waals surface area contributed by atoms with Crippen LogP contribution in [-0.2, 0) is 24.2 Å². The van der Waals surface area contributed by atoms with Gasteiger partial charge in [-0.1, -0.05) is 54.6 Å². The molecule has 0 bridgehead atoms. The van der Waals surface area contributed by atoms with Gasteiger partial charge in [-0.25, -0.2) is 4.98 Å². The molecule has 0 aliphatic carbocycles. The van der Waals surface area contributed by atoms with Gasteiger partial charge in [-0.2, -0.15) is 0 Å². The normalized spacial score (nSPS) is 10.9. The van der Waals surface area contributed by atoms with E-state index in [1.54, 1.807) is 16.7 Å². The fraction of sp³-hybridized carbons (Fsp3) is 0.241. The number of nitrogens with one attached hydrogen (secondary N) is 2. The maximum absolute atomic E-state index is 12.9. The van der Waals surface area contributed by atoms with Crippen molar-refractivity contribution in [2.75, 3.05) is 19.3 Å². The smallest absolute Gasteiger partial charge is 0.258 e. The highest BCUT2D eigenvalue weighted by Gasteiger charge is 2.20. The highest BCUT2D eigenvalue weighted by molar-refractivity contribution is 6.01. The Morgan fingerprint density at radius 1 is 0.973 bits per heavy atom. The van der Waals surface area contributed by atoms with Crippen molar-refractivity contribution < 1.29 is 9.59 Å². The Morgan fingerprint density at radius 3 is 2.38 bits per heavy atom. The Kier molecular flexibility index (Phi) is 7.98. The van der Waals surface area contributed by atoms with E-state index in [1.807, 2.05) is 49.4 Å². The number of carbonyl (C=O) groups is 2. The second kappa shape index (κ2) is 11.5. The molecule has 0 spiro atoms. The summed E-state index contributed by atoms with van der Waals surface area (Å²) in [6, 6.07) is 21.3. The van der Waals surface area contributed by atoms with Gasteiger partial charge in [0.15, 0.2) is 0 Å². The third-order valence-corrected chi connectivity index (χ3v) is 6.34. The summed E-state index contributed by atoms with van der Waals surface area (Å²) in [5.74, 6) is -0.445. The van der Waals surface area contributed by atoms with Crippen LogP contribution >= 0.6 is 0 Å². The van der Waals surface area contributed by atoms with Gasteiger partial charge in [0.2, 0.25) is 11.3 Å². The van der Waals surface area contributed by atoms with E-state index in [0.29, 0.717) is 36.2 Å². The maximum atomic E-state index is 12.9. The highest BCUT2D eigenvalue weighted by Crippen LogP contribution is 2.23. The summed E-state index contributed by atoms with van der Waals surface area (Å²) in [5.41, 5.74) is 9.77. The van der Waals surface area contributed by atoms with Crippen molar-refractivity contribution in [3.63, 3.8) is 0 Å². The molecule has 8 heteroatoms. The highest BCUT2D eigenvalue weighted by atomic mass is 16.2. The fourth-order valence-electron chi connectivity index (χ4n) is 4.36. The van der Waals surface area contributed by atoms with E-state index in [2.05, 4.69) is 22.8 Å². The molecule has 4 rings (SSSR count). The molecule has 0 atom stereocenters. The van der Waals surface area contributed by atoms with Gasteiger partial charge in [-0.3, -0.25) is 14.4 Å². The molecular weight excluding hydrogens is 466 g/mol. The van der Waals surface area contributed by atoms with Crippen LogP contribution in [0.25, 0.3) is 22.3 Å². The van der Waals surface area contributed by atoms with Crippen LogP contribution in [0, 0.1) is 0 Å². The van der Waals surface area contributed by atoms with Gasteiger partial charge in [-0.05, 0) is 43.0 Å². The molecule has 0 saturated carbocycles. The first kappa shape index (κ1) is 25.6. The largest absolute Gasteiger partial charge is 0.384 e. The molecule has 0 unspecified atom stereocenters. The standard InChI is InChI=1S/C29H31N5O3/c1-3-34-27(30)25(29(37)31-2)26(36)22-15-16-23(33-28(22)34)21-13-11-20(12-14-21)18-24(35)32-17-7-10-19-8-5-4-6-9-19/h4-6,8-9,11-16H,3,7,10,17-18,30H2,1-2H3,(H,31,37)(H,32,35). The summed E-state index contributed by atoms with van der Waals surface area (Å²) in [6.45, 7) is 2.96. The molecule has 4 N–H and O–H groups in total. The number of aryl methyl sites for hydroxylation is 2. The lowest BCUT2D eigenvalue weighted by atomic mass is 10.0. The van der Waals surface area contributed by atoms with Gasteiger partial charge >= 0.3 is 0 Å². The Balaban J connectivity index is 1.46. The average molecular weight is 498 g/mol. The first-order valence-electron chi connectivity index (χ1n) is 12.4. The van der Waals surface area contributed by atoms with Crippen LogP contribution in [0.2, 0.25) is 0 Å². The monoisotopic (exact) mass is 497 g/mol. The van der Waals surface area contributed by atoms with E-state index >= 15 is 0 Å². The molecule has 0 aliphatic heterocycles. The van der Waals surface area contributed by atoms with Crippen molar-refractivity contribution in [3.05, 3.63) is 93.6 Å². The summed E-state index contributed by atoms with van der Waals surface area (Å²) in [7, 11) is 1.46. The van der Waals surface area contributed by atoms with Gasteiger partial charge in [0.25, 0.3) is 5.91 Å². The topological polar surface area (TPSA) is 119 Å². The molecule has 0 saturated heterocycles. The second-order valence-electron chi connectivity index (χ2n) is 8.79. The van der Waals surface area contributed by atoms with Crippen molar-refractivity contribution in [2.45, 2.75) is 32.7 Å². The minimum absolute atomic E-state index is 0.0148. The number of benzene rings is 2. The molecule has 8 nitrogen and oxygen atoms in total. The quantitative estimate of drug-likeness (QED) is 0.307. The summed E-state index contributed by atoms with van der Waals surface area (Å²) in [6.07, 6.45) is 2.12. The number of fused-ring (bicyclic) bond motifs is 1. The fourth-order valence-corrected chi connectivity index (χ4v) is 4.36. The third kappa shape index (κ3) is 5.69. The van der Waals surface area contributed by atoms with Crippen LogP contribution in [0.3, 0.4) is 0 Å². The summed E-state index contributed by atoms with van der Waals surface area (Å²) in [5, 5.41) is 5.79. The number of anilines is 1. The van der Waals surface area contributed by atoms with Gasteiger partial charge in [0, 0.05) is 25.7 Å². The van der Waals surface area contributed by atoms with Crippen LogP contribution in [0.15, 0.2) is 71.5 Å². The Bertz CT molecular complexity index is 1480. The van der Waals surface area contributed by atoms with Crippen molar-refractivity contribution in [2.24, 2.45) is 0 Å². The first-order chi connectivity index (χ1) is 17.9. The van der Waals surface area contributed by atoms with Crippen LogP contribution < -0.4 is 21.8 Å². The number of pyridine rings is 2. The van der Waals surface area contributed by atoms with Gasteiger partial charge in [0.1, 0.15) is 17.0 Å². The van der Waals surface area contributed by atoms with Crippen LogP contribution in [0.5, 0.6) is 0 Å². The number of nitrogen functional groups attached to an aromatic ring is 1. The number of aromatic nitrogens is 2. The summed E-state index contributed by atoms with van der Waals surface area (Å²) >= 11 is 0. The Hall–Kier alpha value is -4.46. The first-order valence-corrected chi connectivity index (χ1v) is 12.4. The van der Waals surface area contributed by atoms with E-state index in [9.17, 15) is 14.4 Å². The van der Waals surface area contributed by atoms with Crippen molar-refractivity contribution in [3.8, 4) is 11.3 Å². The predicted molar refractivity (Wildman–Crippen MR) is 146 cm³/mol. The molecule has 2 aromatic heterocycles. The summed E-state index contributed by atoms with van der Waals surface area (Å²) < 4.78 is 1.67. The Labute approximate surface area is 215 Å². The van der Waals surface area contributed by atoms with Crippen molar-refractivity contribution in [1.29, 1.82) is 0 Å². The molecule has 2 amide bonds. The number of hydrogen-bond donors (Lipinski definition) is 3. The number of nitrogens with two attached hydrogens (primary N) is 1. The molecule has 0 radical (unpaired) electrons. The zero-order valence-electron chi connectivity index (χ0n) is 21.1. The molecule has 0 aliphatic rings. The van der Waals surface area contributed by atoms with Crippen LogP contribution in [0.1, 0.15) is 34.8 Å². The van der Waals surface area contributed by atoms with Gasteiger partial charge in [0.05, 0.1) is 17.5 Å². The molecular formula is C29H31N5O3. The minimum Gasteiger partial charge on any atom is -0.384 e. The average Bonchev–Trinajstić information content (AvgIpc) is 2.92. The molecule has 2 aromatic carbocycles. The lowest BCUT2D eigenvalue weighted by molar-refractivity contribution is -0.120. The zero-order valence-corrected chi connectivity index (χ0v) is 21.1. The van der Waals surface area contributed by atoms with Crippen molar-refractivity contribution in [1.82, 2.24) is 20.2 Å². The molecule has 4 aromatic rings. The number of amides is 2. The zero-order chi connectivity index (χ0) is 26.4. The summed E-state index contributed by atoms with van der Waals surface area (Å²) in [4.78, 5) is 42.3. The van der Waals surface area contributed by atoms with Crippen LogP contribution in [-0.4, -0.2) is 35.0 Å². The second-order valence-corrected chi connectivity index (χ2v) is 8.79. The van der Waals surface area contributed by atoms with E-state index in [4.69, 9.17) is 10.7 Å². The van der Waals surface area contributed by atoms with Crippen molar-refractivity contribution >= 4 is 28.7 Å². The maximum Gasteiger partial charge on any atom is 0.258 e. The van der Waals surface area contributed by atoms with E-state index in [0.717, 1.165) is 24.0 Å². The Morgan fingerprint density at radius 2 is 1.70 bits per heavy atom. The van der Waals surface area contributed by atoms with E-state index in [-0.39, 0.29) is 17.3 Å². The lowest BCUT2D eigenvalue weighted by Crippen LogP contribution is -2.30. The molecule has 190 valence electrons. The third-order valence-electron chi connectivity index (χ3n) is 6.34. The number of carbonyl (C=O) groups excluding carboxylic acids is 2. The van der Waals surface area contributed by atoms with Gasteiger partial charge in [-0.15, -0.1) is 0 Å². The molecule has 0 fully saturated rings. The molecule has 2 heterocycles. The van der Waals surface area contributed by atoms with Gasteiger partial charge < -0.3 is 20.9 Å². The number of hydrogen-bond acceptors (Lipinski definition) is 5. The van der Waals surface area contributed by atoms with Crippen LogP contribution in [0.4, 0.5) is 5.82 Å². The molecule has 37 heavy (non-hydrogen) atoms.